The molecular weight excluding hydrogens is 326 g/mol. The van der Waals surface area contributed by atoms with Crippen LogP contribution in [0.5, 0.6) is 0 Å². The van der Waals surface area contributed by atoms with E-state index in [4.69, 9.17) is 11.6 Å². The number of aromatic nitrogens is 1. The Morgan fingerprint density at radius 2 is 2.21 bits per heavy atom. The Bertz CT molecular complexity index is 384. The minimum atomic E-state index is -2.79. The molecule has 1 aromatic heterocycles. The molecule has 0 bridgehead atoms. The van der Waals surface area contributed by atoms with Gasteiger partial charge in [-0.15, -0.1) is 0 Å². The zero-order valence-electron chi connectivity index (χ0n) is 7.02. The molecule has 2 nitrogen and oxygen atoms in total. The molecule has 1 heterocycles. The van der Waals surface area contributed by atoms with E-state index < -0.39 is 17.4 Å². The van der Waals surface area contributed by atoms with E-state index in [0.29, 0.717) is 9.13 Å². The molecule has 1 rings (SSSR count). The van der Waals surface area contributed by atoms with E-state index in [1.165, 1.54) is 6.20 Å². The number of hydrogen-bond donors (Lipinski definition) is 0. The molecule has 76 valence electrons. The molecule has 0 saturated carbocycles. The summed E-state index contributed by atoms with van der Waals surface area (Å²) in [6.07, 6.45) is -1.49. The average Bonchev–Trinajstić information content (AvgIpc) is 2.08. The van der Waals surface area contributed by atoms with Gasteiger partial charge < -0.3 is 0 Å². The van der Waals surface area contributed by atoms with E-state index in [0.717, 1.165) is 0 Å². The van der Waals surface area contributed by atoms with Crippen molar-refractivity contribution in [3.63, 3.8) is 0 Å². The molecule has 0 aliphatic rings. The van der Waals surface area contributed by atoms with Gasteiger partial charge in [-0.05, 0) is 46.7 Å². The van der Waals surface area contributed by atoms with E-state index >= 15 is 0 Å². The molecule has 0 aliphatic heterocycles. The van der Waals surface area contributed by atoms with Crippen LogP contribution >= 0.6 is 34.2 Å². The van der Waals surface area contributed by atoms with Crippen molar-refractivity contribution in [3.8, 4) is 0 Å². The lowest BCUT2D eigenvalue weighted by Crippen LogP contribution is -2.06. The van der Waals surface area contributed by atoms with E-state index in [1.54, 1.807) is 29.5 Å². The Morgan fingerprint density at radius 3 is 2.64 bits per heavy atom. The molecule has 1 aromatic rings. The van der Waals surface area contributed by atoms with Crippen molar-refractivity contribution in [2.45, 2.75) is 13.3 Å². The number of hydrogen-bond acceptors (Lipinski definition) is 2. The minimum Gasteiger partial charge on any atom is -0.275 e. The molecule has 0 unspecified atom stereocenters. The highest BCUT2D eigenvalue weighted by molar-refractivity contribution is 14.1. The van der Waals surface area contributed by atoms with Gasteiger partial charge in [-0.25, -0.2) is 8.78 Å². The summed E-state index contributed by atoms with van der Waals surface area (Å²) in [5.41, 5.74) is -0.0960. The molecule has 0 N–H and O–H groups in total. The quantitative estimate of drug-likeness (QED) is 0.615. The predicted octanol–water partition coefficient (Wildman–Crippen LogP) is 3.31. The fourth-order valence-corrected chi connectivity index (χ4v) is 1.96. The summed E-state index contributed by atoms with van der Waals surface area (Å²) in [5.74, 6) is 0. The van der Waals surface area contributed by atoms with E-state index in [1.807, 2.05) is 0 Å². The van der Waals surface area contributed by atoms with Crippen molar-refractivity contribution in [3.05, 3.63) is 26.6 Å². The average molecular weight is 331 g/mol. The zero-order valence-corrected chi connectivity index (χ0v) is 9.94. The second kappa shape index (κ2) is 4.48. The normalized spacial score (nSPS) is 10.7. The second-order valence-electron chi connectivity index (χ2n) is 2.59. The fourth-order valence-electron chi connectivity index (χ4n) is 0.950. The minimum absolute atomic E-state index is 0.192. The largest absolute Gasteiger partial charge is 0.281 e. The highest BCUT2D eigenvalue weighted by atomic mass is 127. The maximum Gasteiger partial charge on any atom is 0.281 e. The molecule has 0 atom stereocenters. The number of rotatable bonds is 2. The van der Waals surface area contributed by atoms with Crippen molar-refractivity contribution < 1.29 is 13.6 Å². The van der Waals surface area contributed by atoms with Crippen molar-refractivity contribution in [1.29, 1.82) is 0 Å². The Labute approximate surface area is 97.8 Å². The molecule has 0 fully saturated rings. The third-order valence-electron chi connectivity index (χ3n) is 1.62. The topological polar surface area (TPSA) is 30.0 Å². The molecule has 0 amide bonds. The van der Waals surface area contributed by atoms with Crippen LogP contribution in [0.15, 0.2) is 6.20 Å². The van der Waals surface area contributed by atoms with Gasteiger partial charge in [0.15, 0.2) is 0 Å². The first kappa shape index (κ1) is 11.8. The summed E-state index contributed by atoms with van der Waals surface area (Å²) < 4.78 is 25.3. The van der Waals surface area contributed by atoms with Gasteiger partial charge in [0, 0.05) is 9.77 Å². The molecule has 0 aromatic carbocycles. The Morgan fingerprint density at radius 1 is 1.64 bits per heavy atom. The van der Waals surface area contributed by atoms with Crippen LogP contribution in [0.25, 0.3) is 0 Å². The van der Waals surface area contributed by atoms with Crippen LogP contribution in [-0.2, 0) is 0 Å². The van der Waals surface area contributed by atoms with Gasteiger partial charge in [-0.3, -0.25) is 9.78 Å². The van der Waals surface area contributed by atoms with Crippen LogP contribution in [-0.4, -0.2) is 10.2 Å². The lowest BCUT2D eigenvalue weighted by Gasteiger charge is -2.07. The number of carbonyl (C=O) groups is 1. The fraction of sp³-hybridized carbons (Fsp3) is 0.250. The Balaban J connectivity index is 3.45. The third kappa shape index (κ3) is 2.20. The Hall–Kier alpha value is -0.300. The number of carbonyl (C=O) groups excluding carboxylic acids is 1. The summed E-state index contributed by atoms with van der Waals surface area (Å²) in [4.78, 5) is 14.4. The van der Waals surface area contributed by atoms with E-state index in [2.05, 4.69) is 4.98 Å². The van der Waals surface area contributed by atoms with Crippen LogP contribution < -0.4 is 0 Å². The maximum absolute atomic E-state index is 12.4. The first-order valence-electron chi connectivity index (χ1n) is 3.58. The molecule has 6 heteroatoms. The summed E-state index contributed by atoms with van der Waals surface area (Å²) in [6, 6.07) is 0. The highest BCUT2D eigenvalue weighted by Crippen LogP contribution is 2.27. The van der Waals surface area contributed by atoms with Crippen LogP contribution in [0.2, 0.25) is 0 Å². The van der Waals surface area contributed by atoms with Gasteiger partial charge in [0.05, 0.1) is 5.56 Å². The number of nitrogens with zero attached hydrogens (tertiary/aromatic N) is 1. The lowest BCUT2D eigenvalue weighted by molar-refractivity contribution is 0.106. The van der Waals surface area contributed by atoms with Gasteiger partial charge >= 0.3 is 0 Å². The van der Waals surface area contributed by atoms with Crippen molar-refractivity contribution in [2.24, 2.45) is 0 Å². The number of halogens is 4. The van der Waals surface area contributed by atoms with Crippen molar-refractivity contribution >= 4 is 39.4 Å². The highest BCUT2D eigenvalue weighted by Gasteiger charge is 2.22. The zero-order chi connectivity index (χ0) is 10.9. The standard InChI is InChI=1S/C8H5ClF2INO/c1-3-2-13-6(8(10)11)4(5(3)12)7(9)14/h2,8H,1H3. The molecule has 0 saturated heterocycles. The summed E-state index contributed by atoms with van der Waals surface area (Å²) in [6.45, 7) is 1.67. The third-order valence-corrected chi connectivity index (χ3v) is 3.20. The van der Waals surface area contributed by atoms with Gasteiger partial charge in [-0.1, -0.05) is 0 Å². The first-order chi connectivity index (χ1) is 6.45. The van der Waals surface area contributed by atoms with Crippen LogP contribution in [0.3, 0.4) is 0 Å². The molecule has 14 heavy (non-hydrogen) atoms. The van der Waals surface area contributed by atoms with Crippen LogP contribution in [0.4, 0.5) is 8.78 Å². The predicted molar refractivity (Wildman–Crippen MR) is 56.8 cm³/mol. The monoisotopic (exact) mass is 331 g/mol. The SMILES string of the molecule is Cc1cnc(C(F)F)c(C(=O)Cl)c1I. The summed E-state index contributed by atoms with van der Waals surface area (Å²) in [7, 11) is 0. The van der Waals surface area contributed by atoms with Gasteiger partial charge in [0.2, 0.25) is 0 Å². The Kier molecular flexibility index (Phi) is 3.77. The van der Waals surface area contributed by atoms with E-state index in [-0.39, 0.29) is 5.56 Å². The lowest BCUT2D eigenvalue weighted by atomic mass is 10.1. The van der Waals surface area contributed by atoms with Crippen LogP contribution in [0.1, 0.15) is 28.0 Å². The number of pyridine rings is 1. The maximum atomic E-state index is 12.4. The van der Waals surface area contributed by atoms with Crippen LogP contribution in [0, 0.1) is 10.5 Å². The van der Waals surface area contributed by atoms with Gasteiger partial charge in [0.1, 0.15) is 5.69 Å². The van der Waals surface area contributed by atoms with Gasteiger partial charge in [-0.2, -0.15) is 0 Å². The van der Waals surface area contributed by atoms with Crippen molar-refractivity contribution in [1.82, 2.24) is 4.98 Å². The smallest absolute Gasteiger partial charge is 0.275 e. The number of alkyl halides is 2. The second-order valence-corrected chi connectivity index (χ2v) is 4.01. The summed E-state index contributed by atoms with van der Waals surface area (Å²) in [5, 5.41) is -0.902. The van der Waals surface area contributed by atoms with E-state index in [9.17, 15) is 13.6 Å². The molecule has 0 spiro atoms. The molecule has 0 aliphatic carbocycles. The van der Waals surface area contributed by atoms with Gasteiger partial charge in [0.25, 0.3) is 11.7 Å². The summed E-state index contributed by atoms with van der Waals surface area (Å²) >= 11 is 7.01. The molecule has 0 radical (unpaired) electrons. The number of aryl methyl sites for hydroxylation is 1. The first-order valence-corrected chi connectivity index (χ1v) is 5.03. The molecular formula is C8H5ClF2INO. The van der Waals surface area contributed by atoms with Crippen molar-refractivity contribution in [2.75, 3.05) is 0 Å².